The topological polar surface area (TPSA) is 70.5 Å². The third-order valence-electron chi connectivity index (χ3n) is 4.29. The van der Waals surface area contributed by atoms with E-state index in [1.807, 2.05) is 25.1 Å². The zero-order valence-corrected chi connectivity index (χ0v) is 12.8. The summed E-state index contributed by atoms with van der Waals surface area (Å²) in [7, 11) is 0. The molecule has 0 radical (unpaired) electrons. The molecular formula is C18H18N2O3. The number of pyridine rings is 1. The Labute approximate surface area is 134 Å². The zero-order valence-electron chi connectivity index (χ0n) is 12.8. The highest BCUT2D eigenvalue weighted by molar-refractivity contribution is 5.94. The van der Waals surface area contributed by atoms with Crippen molar-refractivity contribution in [3.8, 4) is 0 Å². The Kier molecular flexibility index (Phi) is 4.10. The van der Waals surface area contributed by atoms with Gasteiger partial charge in [0.15, 0.2) is 0 Å². The van der Waals surface area contributed by atoms with Crippen LogP contribution in [0.25, 0.3) is 0 Å². The van der Waals surface area contributed by atoms with E-state index in [0.717, 1.165) is 6.42 Å². The van der Waals surface area contributed by atoms with Crippen molar-refractivity contribution in [2.24, 2.45) is 0 Å². The number of hydrogen-bond acceptors (Lipinski definition) is 3. The smallest absolute Gasteiger partial charge is 0.354 e. The van der Waals surface area contributed by atoms with Gasteiger partial charge < -0.3 is 10.0 Å². The molecule has 1 aliphatic rings. The number of benzene rings is 1. The number of aromatic carboxylic acids is 1. The average molecular weight is 310 g/mol. The summed E-state index contributed by atoms with van der Waals surface area (Å²) in [6, 6.07) is 14.7. The van der Waals surface area contributed by atoms with Gasteiger partial charge in [-0.1, -0.05) is 36.4 Å². The maximum atomic E-state index is 12.7. The van der Waals surface area contributed by atoms with Crippen LogP contribution in [-0.4, -0.2) is 39.5 Å². The molecule has 1 N–H and O–H groups in total. The Morgan fingerprint density at radius 3 is 2.48 bits per heavy atom. The van der Waals surface area contributed by atoms with Crippen LogP contribution in [0.15, 0.2) is 48.5 Å². The van der Waals surface area contributed by atoms with E-state index in [1.165, 1.54) is 11.6 Å². The van der Waals surface area contributed by atoms with Crippen LogP contribution >= 0.6 is 0 Å². The van der Waals surface area contributed by atoms with E-state index in [-0.39, 0.29) is 23.3 Å². The highest BCUT2D eigenvalue weighted by atomic mass is 16.4. The molecule has 0 aliphatic carbocycles. The summed E-state index contributed by atoms with van der Waals surface area (Å²) < 4.78 is 0. The van der Waals surface area contributed by atoms with E-state index in [0.29, 0.717) is 12.5 Å². The van der Waals surface area contributed by atoms with Crippen molar-refractivity contribution in [1.29, 1.82) is 0 Å². The van der Waals surface area contributed by atoms with Crippen molar-refractivity contribution >= 4 is 11.9 Å². The molecule has 1 aromatic heterocycles. The van der Waals surface area contributed by atoms with Gasteiger partial charge in [0.2, 0.25) is 0 Å². The van der Waals surface area contributed by atoms with Crippen molar-refractivity contribution in [2.45, 2.75) is 25.3 Å². The van der Waals surface area contributed by atoms with Crippen LogP contribution in [0.3, 0.4) is 0 Å². The first kappa shape index (κ1) is 15.2. The molecule has 2 unspecified atom stereocenters. The molecule has 0 bridgehead atoms. The summed E-state index contributed by atoms with van der Waals surface area (Å²) in [5.74, 6) is -1.03. The third-order valence-corrected chi connectivity index (χ3v) is 4.29. The number of carbonyl (C=O) groups excluding carboxylic acids is 1. The van der Waals surface area contributed by atoms with Crippen molar-refractivity contribution < 1.29 is 14.7 Å². The van der Waals surface area contributed by atoms with Crippen LogP contribution in [0.5, 0.6) is 0 Å². The first-order valence-electron chi connectivity index (χ1n) is 7.62. The predicted octanol–water partition coefficient (Wildman–Crippen LogP) is 2.80. The molecule has 118 valence electrons. The fraction of sp³-hybridized carbons (Fsp3) is 0.278. The monoisotopic (exact) mass is 310 g/mol. The zero-order chi connectivity index (χ0) is 16.4. The summed E-state index contributed by atoms with van der Waals surface area (Å²) in [5, 5.41) is 9.01. The van der Waals surface area contributed by atoms with Crippen LogP contribution in [0, 0.1) is 0 Å². The van der Waals surface area contributed by atoms with Crippen molar-refractivity contribution in [2.75, 3.05) is 6.54 Å². The summed E-state index contributed by atoms with van der Waals surface area (Å²) in [6.07, 6.45) is 0.897. The quantitative estimate of drug-likeness (QED) is 0.946. The molecular weight excluding hydrogens is 292 g/mol. The predicted molar refractivity (Wildman–Crippen MR) is 85.5 cm³/mol. The van der Waals surface area contributed by atoms with Gasteiger partial charge in [0.05, 0.1) is 0 Å². The second kappa shape index (κ2) is 6.20. The van der Waals surface area contributed by atoms with Gasteiger partial charge >= 0.3 is 5.97 Å². The van der Waals surface area contributed by atoms with Crippen molar-refractivity contribution in [3.63, 3.8) is 0 Å². The van der Waals surface area contributed by atoms with Crippen LogP contribution in [0.4, 0.5) is 0 Å². The number of rotatable bonds is 3. The van der Waals surface area contributed by atoms with Gasteiger partial charge in [0.25, 0.3) is 5.91 Å². The molecule has 5 nitrogen and oxygen atoms in total. The van der Waals surface area contributed by atoms with Gasteiger partial charge in [-0.2, -0.15) is 0 Å². The average Bonchev–Trinajstić information content (AvgIpc) is 2.97. The molecule has 3 rings (SSSR count). The lowest BCUT2D eigenvalue weighted by Crippen LogP contribution is -2.34. The molecule has 5 heteroatoms. The van der Waals surface area contributed by atoms with Crippen molar-refractivity contribution in [3.05, 3.63) is 65.5 Å². The maximum absolute atomic E-state index is 12.7. The van der Waals surface area contributed by atoms with E-state index in [9.17, 15) is 9.59 Å². The molecule has 1 saturated heterocycles. The lowest BCUT2D eigenvalue weighted by atomic mass is 9.97. The molecule has 0 spiro atoms. The summed E-state index contributed by atoms with van der Waals surface area (Å²) >= 11 is 0. The third kappa shape index (κ3) is 3.08. The SMILES string of the molecule is CC1CC(c2ccccc2)CN1C(=O)c1cccc(C(=O)O)n1. The standard InChI is InChI=1S/C18H18N2O3/c1-12-10-14(13-6-3-2-4-7-13)11-20(12)17(21)15-8-5-9-16(19-15)18(22)23/h2-9,12,14H,10-11H2,1H3,(H,22,23). The van der Waals surface area contributed by atoms with Gasteiger partial charge in [-0.3, -0.25) is 4.79 Å². The molecule has 1 aromatic carbocycles. The molecule has 2 aromatic rings. The Bertz CT molecular complexity index is 730. The number of aromatic nitrogens is 1. The van der Waals surface area contributed by atoms with E-state index >= 15 is 0 Å². The van der Waals surface area contributed by atoms with Gasteiger partial charge in [-0.05, 0) is 31.0 Å². The molecule has 23 heavy (non-hydrogen) atoms. The van der Waals surface area contributed by atoms with Gasteiger partial charge in [0.1, 0.15) is 11.4 Å². The molecule has 0 saturated carbocycles. The lowest BCUT2D eigenvalue weighted by molar-refractivity contribution is 0.0689. The van der Waals surface area contributed by atoms with Gasteiger partial charge in [-0.15, -0.1) is 0 Å². The molecule has 2 heterocycles. The minimum absolute atomic E-state index is 0.1000. The van der Waals surface area contributed by atoms with Crippen molar-refractivity contribution in [1.82, 2.24) is 9.88 Å². The fourth-order valence-electron chi connectivity index (χ4n) is 3.10. The molecule has 1 amide bonds. The molecule has 1 aliphatic heterocycles. The largest absolute Gasteiger partial charge is 0.477 e. The van der Waals surface area contributed by atoms with Crippen LogP contribution < -0.4 is 0 Å². The summed E-state index contributed by atoms with van der Waals surface area (Å²) in [6.45, 7) is 2.64. The normalized spacial score (nSPS) is 20.5. The number of amides is 1. The number of carbonyl (C=O) groups is 2. The second-order valence-corrected chi connectivity index (χ2v) is 5.86. The lowest BCUT2D eigenvalue weighted by Gasteiger charge is -2.21. The Hall–Kier alpha value is -2.69. The summed E-state index contributed by atoms with van der Waals surface area (Å²) in [4.78, 5) is 29.4. The van der Waals surface area contributed by atoms with Crippen LogP contribution in [-0.2, 0) is 0 Å². The van der Waals surface area contributed by atoms with E-state index < -0.39 is 5.97 Å². The maximum Gasteiger partial charge on any atom is 0.354 e. The second-order valence-electron chi connectivity index (χ2n) is 5.86. The first-order valence-corrected chi connectivity index (χ1v) is 7.62. The number of likely N-dealkylation sites (tertiary alicyclic amines) is 1. The Morgan fingerprint density at radius 1 is 1.09 bits per heavy atom. The fourth-order valence-corrected chi connectivity index (χ4v) is 3.10. The Balaban J connectivity index is 1.80. The van der Waals surface area contributed by atoms with E-state index in [2.05, 4.69) is 17.1 Å². The van der Waals surface area contributed by atoms with Gasteiger partial charge in [-0.25, -0.2) is 9.78 Å². The number of nitrogens with zero attached hydrogens (tertiary/aromatic N) is 2. The molecule has 2 atom stereocenters. The Morgan fingerprint density at radius 2 is 1.78 bits per heavy atom. The highest BCUT2D eigenvalue weighted by Crippen LogP contribution is 2.32. The first-order chi connectivity index (χ1) is 11.1. The number of carboxylic acid groups (broad SMARTS) is 1. The minimum Gasteiger partial charge on any atom is -0.477 e. The van der Waals surface area contributed by atoms with Crippen LogP contribution in [0.2, 0.25) is 0 Å². The van der Waals surface area contributed by atoms with E-state index in [4.69, 9.17) is 5.11 Å². The highest BCUT2D eigenvalue weighted by Gasteiger charge is 2.34. The molecule has 1 fully saturated rings. The van der Waals surface area contributed by atoms with E-state index in [1.54, 1.807) is 17.0 Å². The number of hydrogen-bond donors (Lipinski definition) is 1. The minimum atomic E-state index is -1.13. The number of carboxylic acids is 1. The van der Waals surface area contributed by atoms with Gasteiger partial charge in [0, 0.05) is 18.5 Å². The summed E-state index contributed by atoms with van der Waals surface area (Å²) in [5.41, 5.74) is 1.30. The van der Waals surface area contributed by atoms with Crippen LogP contribution in [0.1, 0.15) is 45.8 Å².